The van der Waals surface area contributed by atoms with Crippen LogP contribution < -0.4 is 0 Å². The minimum Gasteiger partial charge on any atom is -0.463 e. The number of unbranched alkanes of at least 4 members (excludes halogenated alkanes) is 17. The van der Waals surface area contributed by atoms with E-state index in [1.807, 2.05) is 6.08 Å². The van der Waals surface area contributed by atoms with Crippen LogP contribution in [0.3, 0.4) is 0 Å². The highest BCUT2D eigenvalue weighted by Gasteiger charge is 2.39. The molecule has 0 radical (unpaired) electrons. The summed E-state index contributed by atoms with van der Waals surface area (Å²) in [5.41, 5.74) is 0. The molecule has 0 aromatic carbocycles. The van der Waals surface area contributed by atoms with Gasteiger partial charge in [-0.2, -0.15) is 0 Å². The molecule has 1 fully saturated rings. The van der Waals surface area contributed by atoms with Gasteiger partial charge < -0.3 is 29.9 Å². The van der Waals surface area contributed by atoms with Gasteiger partial charge in [0.1, 0.15) is 19.3 Å². The van der Waals surface area contributed by atoms with E-state index in [2.05, 4.69) is 20.8 Å². The van der Waals surface area contributed by atoms with Crippen molar-refractivity contribution in [3.8, 4) is 0 Å². The fourth-order valence-corrected chi connectivity index (χ4v) is 7.07. The summed E-state index contributed by atoms with van der Waals surface area (Å²) in [6.07, 6.45) is 27.7. The van der Waals surface area contributed by atoms with Crippen LogP contribution in [0, 0.1) is 17.8 Å². The summed E-state index contributed by atoms with van der Waals surface area (Å²) >= 11 is 0. The molecular weight excluding hydrogens is 632 g/mol. The van der Waals surface area contributed by atoms with E-state index < -0.39 is 24.4 Å². The van der Waals surface area contributed by atoms with Crippen molar-refractivity contribution in [3.63, 3.8) is 0 Å². The zero-order chi connectivity index (χ0) is 36.8. The van der Waals surface area contributed by atoms with Crippen LogP contribution in [0.2, 0.25) is 0 Å². The monoisotopic (exact) mass is 711 g/mol. The van der Waals surface area contributed by atoms with E-state index in [1.54, 1.807) is 6.08 Å². The van der Waals surface area contributed by atoms with Crippen LogP contribution in [0.5, 0.6) is 0 Å². The second kappa shape index (κ2) is 31.1. The molecule has 1 saturated carbocycles. The second-order valence-electron chi connectivity index (χ2n) is 15.6. The minimum atomic E-state index is -1.03. The molecule has 0 aliphatic heterocycles. The summed E-state index contributed by atoms with van der Waals surface area (Å²) in [5, 5.41) is 41.2. The number of aliphatic hydroxyl groups is 4. The lowest BCUT2D eigenvalue weighted by Gasteiger charge is -2.21. The van der Waals surface area contributed by atoms with Crippen LogP contribution in [0.4, 0.5) is 0 Å². The Kier molecular flexibility index (Phi) is 28.9. The van der Waals surface area contributed by atoms with Crippen molar-refractivity contribution in [2.45, 2.75) is 212 Å². The molecule has 0 spiro atoms. The Balaban J connectivity index is 1.99. The Labute approximate surface area is 306 Å². The molecule has 0 aromatic rings. The van der Waals surface area contributed by atoms with Crippen molar-refractivity contribution in [1.82, 2.24) is 0 Å². The third-order valence-electron chi connectivity index (χ3n) is 10.3. The molecule has 0 unspecified atom stereocenters. The van der Waals surface area contributed by atoms with Gasteiger partial charge in [0.2, 0.25) is 0 Å². The van der Waals surface area contributed by atoms with E-state index in [0.29, 0.717) is 25.7 Å². The Morgan fingerprint density at radius 1 is 0.640 bits per heavy atom. The Morgan fingerprint density at radius 2 is 1.10 bits per heavy atom. The first-order valence-corrected chi connectivity index (χ1v) is 20.9. The van der Waals surface area contributed by atoms with Crippen LogP contribution in [0.15, 0.2) is 12.2 Å². The van der Waals surface area contributed by atoms with Gasteiger partial charge in [0, 0.05) is 25.2 Å². The van der Waals surface area contributed by atoms with Gasteiger partial charge in [0.05, 0.1) is 18.3 Å². The van der Waals surface area contributed by atoms with Gasteiger partial charge in [-0.25, -0.2) is 0 Å². The molecule has 1 aliphatic rings. The number of carbonyl (C=O) groups is 2. The predicted molar refractivity (Wildman–Crippen MR) is 203 cm³/mol. The first-order chi connectivity index (χ1) is 24.1. The molecule has 1 aliphatic carbocycles. The lowest BCUT2D eigenvalue weighted by atomic mass is 9.88. The molecule has 0 aromatic heterocycles. The van der Waals surface area contributed by atoms with E-state index in [0.717, 1.165) is 70.1 Å². The Morgan fingerprint density at radius 3 is 1.60 bits per heavy atom. The average Bonchev–Trinajstić information content (AvgIpc) is 3.35. The molecule has 0 heterocycles. The number of esters is 2. The van der Waals surface area contributed by atoms with E-state index in [-0.39, 0.29) is 43.4 Å². The first-order valence-electron chi connectivity index (χ1n) is 20.9. The predicted octanol–water partition coefficient (Wildman–Crippen LogP) is 9.14. The summed E-state index contributed by atoms with van der Waals surface area (Å²) in [4.78, 5) is 24.1. The van der Waals surface area contributed by atoms with Gasteiger partial charge in [-0.3, -0.25) is 9.59 Å². The Bertz CT molecular complexity index is 846. The normalized spacial score (nSPS) is 20.5. The lowest BCUT2D eigenvalue weighted by Crippen LogP contribution is -2.25. The summed E-state index contributed by atoms with van der Waals surface area (Å²) in [7, 11) is 0. The van der Waals surface area contributed by atoms with Crippen molar-refractivity contribution in [3.05, 3.63) is 12.2 Å². The van der Waals surface area contributed by atoms with Crippen LogP contribution >= 0.6 is 0 Å². The van der Waals surface area contributed by atoms with Crippen LogP contribution in [0.25, 0.3) is 0 Å². The fraction of sp³-hybridized carbons (Fsp3) is 0.905. The van der Waals surface area contributed by atoms with Gasteiger partial charge >= 0.3 is 11.9 Å². The number of hydrogen-bond donors (Lipinski definition) is 4. The summed E-state index contributed by atoms with van der Waals surface area (Å²) in [6, 6.07) is 0. The van der Waals surface area contributed by atoms with Crippen molar-refractivity contribution in [1.29, 1.82) is 0 Å². The maximum Gasteiger partial charge on any atom is 0.305 e. The fourth-order valence-electron chi connectivity index (χ4n) is 7.07. The molecule has 6 atom stereocenters. The quantitative estimate of drug-likeness (QED) is 0.0301. The number of ether oxygens (including phenoxy) is 2. The van der Waals surface area contributed by atoms with Crippen molar-refractivity contribution >= 4 is 11.9 Å². The van der Waals surface area contributed by atoms with E-state index in [4.69, 9.17) is 9.47 Å². The van der Waals surface area contributed by atoms with Gasteiger partial charge in [-0.15, -0.1) is 0 Å². The third kappa shape index (κ3) is 25.5. The molecular formula is C42H78O8. The number of rotatable bonds is 33. The van der Waals surface area contributed by atoms with E-state index >= 15 is 0 Å². The van der Waals surface area contributed by atoms with Crippen LogP contribution in [0.1, 0.15) is 188 Å². The van der Waals surface area contributed by atoms with Gasteiger partial charge in [-0.05, 0) is 37.5 Å². The maximum absolute atomic E-state index is 12.1. The molecule has 0 bridgehead atoms. The summed E-state index contributed by atoms with van der Waals surface area (Å²) in [5.74, 6) is -0.0363. The molecule has 8 nitrogen and oxygen atoms in total. The molecule has 294 valence electrons. The lowest BCUT2D eigenvalue weighted by molar-refractivity contribution is -0.152. The largest absolute Gasteiger partial charge is 0.463 e. The number of aliphatic hydroxyl groups excluding tert-OH is 4. The minimum absolute atomic E-state index is 0.0295. The molecule has 0 amide bonds. The van der Waals surface area contributed by atoms with Crippen molar-refractivity contribution in [2.75, 3.05) is 13.2 Å². The standard InChI is InChI=1S/C42H78O8/c1-4-5-19-25-35(43)29-30-38-37(39(45)31-40(38)46)26-21-17-18-23-28-42(48)50-33-36(44)32-49-41(47)27-22-16-14-12-10-8-6-7-9-11-13-15-20-24-34(2)3/h29-30,34-40,43-46H,4-28,31-33H2,1-3H3/b30-29+/t35-,36+,37+,38+,39-,40+/m0/s1. The topological polar surface area (TPSA) is 134 Å². The highest BCUT2D eigenvalue weighted by molar-refractivity contribution is 5.69. The highest BCUT2D eigenvalue weighted by atomic mass is 16.6. The summed E-state index contributed by atoms with van der Waals surface area (Å²) < 4.78 is 10.3. The van der Waals surface area contributed by atoms with E-state index in [1.165, 1.54) is 70.6 Å². The van der Waals surface area contributed by atoms with Crippen molar-refractivity contribution < 1.29 is 39.5 Å². The number of hydrogen-bond acceptors (Lipinski definition) is 8. The highest BCUT2D eigenvalue weighted by Crippen LogP contribution is 2.37. The van der Waals surface area contributed by atoms with Gasteiger partial charge in [0.25, 0.3) is 0 Å². The average molecular weight is 711 g/mol. The van der Waals surface area contributed by atoms with Gasteiger partial charge in [-0.1, -0.05) is 155 Å². The zero-order valence-corrected chi connectivity index (χ0v) is 32.4. The smallest absolute Gasteiger partial charge is 0.305 e. The summed E-state index contributed by atoms with van der Waals surface area (Å²) in [6.45, 7) is 6.38. The zero-order valence-electron chi connectivity index (χ0n) is 32.4. The van der Waals surface area contributed by atoms with E-state index in [9.17, 15) is 30.0 Å². The van der Waals surface area contributed by atoms with Crippen LogP contribution in [-0.2, 0) is 19.1 Å². The first kappa shape index (κ1) is 46.5. The molecule has 8 heteroatoms. The van der Waals surface area contributed by atoms with Crippen LogP contribution in [-0.4, -0.2) is 70.0 Å². The molecule has 50 heavy (non-hydrogen) atoms. The second-order valence-corrected chi connectivity index (χ2v) is 15.6. The van der Waals surface area contributed by atoms with Crippen molar-refractivity contribution in [2.24, 2.45) is 17.8 Å². The SMILES string of the molecule is CCCCC[C@H](O)/C=C/[C@@H]1[C@@H](CCCCCCC(=O)OC[C@H](O)COC(=O)CCCCCCCCCCCCCCCC(C)C)[C@@H](O)C[C@H]1O. The number of carbonyl (C=O) groups excluding carboxylic acids is 2. The molecule has 0 saturated heterocycles. The molecule has 1 rings (SSSR count). The third-order valence-corrected chi connectivity index (χ3v) is 10.3. The van der Waals surface area contributed by atoms with Gasteiger partial charge in [0.15, 0.2) is 0 Å². The molecule has 4 N–H and O–H groups in total. The maximum atomic E-state index is 12.1. The Hall–Kier alpha value is -1.48.